The van der Waals surface area contributed by atoms with Crippen molar-refractivity contribution in [3.05, 3.63) is 0 Å². The summed E-state index contributed by atoms with van der Waals surface area (Å²) in [5.41, 5.74) is -0.434. The minimum Gasteiger partial charge on any atom is -0.378 e. The average molecular weight is 419 g/mol. The third-order valence-corrected chi connectivity index (χ3v) is 4.65. The van der Waals surface area contributed by atoms with E-state index in [1.165, 1.54) is 0 Å². The van der Waals surface area contributed by atoms with Gasteiger partial charge in [0.1, 0.15) is 0 Å². The van der Waals surface area contributed by atoms with Crippen LogP contribution >= 0.6 is 12.6 Å². The Hall–Kier alpha value is -0.790. The molecule has 0 aromatic rings. The number of nitrogens with one attached hydrogen (secondary N) is 2. The summed E-state index contributed by atoms with van der Waals surface area (Å²) in [6, 6.07) is 0.0807. The van der Waals surface area contributed by atoms with Crippen LogP contribution in [0, 0.1) is 5.92 Å². The SMILES string of the molecule is CC(CCOC(C)CCS)NC(=O)CCC(C)OCC(C)(C)NC(=O)C(C)C. The minimum absolute atomic E-state index is 0.0126. The number of ether oxygens (including phenoxy) is 2. The predicted octanol–water partition coefficient (Wildman–Crippen LogP) is 3.34. The first-order valence-corrected chi connectivity index (χ1v) is 11.1. The van der Waals surface area contributed by atoms with Gasteiger partial charge >= 0.3 is 0 Å². The highest BCUT2D eigenvalue weighted by Crippen LogP contribution is 2.10. The van der Waals surface area contributed by atoms with E-state index in [1.807, 2.05) is 48.5 Å². The molecule has 0 aromatic heterocycles. The van der Waals surface area contributed by atoms with Crippen molar-refractivity contribution in [1.82, 2.24) is 10.6 Å². The van der Waals surface area contributed by atoms with Crippen LogP contribution in [0.1, 0.15) is 74.1 Å². The zero-order valence-corrected chi connectivity index (χ0v) is 19.7. The van der Waals surface area contributed by atoms with Gasteiger partial charge in [0.2, 0.25) is 11.8 Å². The first kappa shape index (κ1) is 27.2. The molecule has 7 heteroatoms. The number of hydrogen-bond donors (Lipinski definition) is 3. The molecule has 0 spiro atoms. The molecule has 3 unspecified atom stereocenters. The third-order valence-electron chi connectivity index (χ3n) is 4.39. The average Bonchev–Trinajstić information content (AvgIpc) is 2.58. The van der Waals surface area contributed by atoms with Gasteiger partial charge < -0.3 is 20.1 Å². The summed E-state index contributed by atoms with van der Waals surface area (Å²) in [6.07, 6.45) is 2.93. The number of amides is 2. The molecule has 166 valence electrons. The molecule has 0 saturated carbocycles. The molecule has 0 rings (SSSR count). The van der Waals surface area contributed by atoms with Gasteiger partial charge in [-0.15, -0.1) is 0 Å². The molecule has 0 radical (unpaired) electrons. The topological polar surface area (TPSA) is 76.7 Å². The highest BCUT2D eigenvalue weighted by atomic mass is 32.1. The molecule has 6 nitrogen and oxygen atoms in total. The van der Waals surface area contributed by atoms with Crippen molar-refractivity contribution in [3.8, 4) is 0 Å². The number of rotatable bonds is 15. The Morgan fingerprint density at radius 1 is 0.964 bits per heavy atom. The van der Waals surface area contributed by atoms with Crippen LogP contribution in [-0.4, -0.2) is 54.6 Å². The maximum atomic E-state index is 12.1. The van der Waals surface area contributed by atoms with Gasteiger partial charge in [-0.1, -0.05) is 13.8 Å². The van der Waals surface area contributed by atoms with E-state index in [9.17, 15) is 9.59 Å². The lowest BCUT2D eigenvalue weighted by Gasteiger charge is -2.28. The van der Waals surface area contributed by atoms with Crippen LogP contribution in [-0.2, 0) is 19.1 Å². The van der Waals surface area contributed by atoms with E-state index < -0.39 is 5.54 Å². The molecular weight excluding hydrogens is 376 g/mol. The fourth-order valence-corrected chi connectivity index (χ4v) is 2.78. The van der Waals surface area contributed by atoms with Crippen molar-refractivity contribution >= 4 is 24.4 Å². The molecule has 0 aliphatic carbocycles. The first-order valence-electron chi connectivity index (χ1n) is 10.4. The smallest absolute Gasteiger partial charge is 0.223 e. The van der Waals surface area contributed by atoms with E-state index in [4.69, 9.17) is 9.47 Å². The van der Waals surface area contributed by atoms with Crippen LogP contribution in [0.4, 0.5) is 0 Å². The Kier molecular flexibility index (Phi) is 13.8. The van der Waals surface area contributed by atoms with Gasteiger partial charge in [-0.2, -0.15) is 12.6 Å². The Bertz CT molecular complexity index is 458. The van der Waals surface area contributed by atoms with Crippen molar-refractivity contribution in [2.24, 2.45) is 5.92 Å². The maximum Gasteiger partial charge on any atom is 0.223 e. The van der Waals surface area contributed by atoms with E-state index in [2.05, 4.69) is 23.3 Å². The quantitative estimate of drug-likeness (QED) is 0.357. The second-order valence-corrected chi connectivity index (χ2v) is 9.09. The fraction of sp³-hybridized carbons (Fsp3) is 0.905. The van der Waals surface area contributed by atoms with Gasteiger partial charge in [0.25, 0.3) is 0 Å². The molecule has 0 heterocycles. The summed E-state index contributed by atoms with van der Waals surface area (Å²) < 4.78 is 11.5. The van der Waals surface area contributed by atoms with Crippen molar-refractivity contribution in [2.75, 3.05) is 19.0 Å². The normalized spacial score (nSPS) is 15.2. The van der Waals surface area contributed by atoms with Crippen molar-refractivity contribution in [3.63, 3.8) is 0 Å². The largest absolute Gasteiger partial charge is 0.378 e. The monoisotopic (exact) mass is 418 g/mol. The Morgan fingerprint density at radius 2 is 1.57 bits per heavy atom. The van der Waals surface area contributed by atoms with E-state index in [0.717, 1.165) is 18.6 Å². The van der Waals surface area contributed by atoms with Gasteiger partial charge in [0.05, 0.1) is 24.4 Å². The van der Waals surface area contributed by atoms with Crippen molar-refractivity contribution in [1.29, 1.82) is 0 Å². The van der Waals surface area contributed by atoms with E-state index in [0.29, 0.717) is 26.1 Å². The summed E-state index contributed by atoms with van der Waals surface area (Å²) in [7, 11) is 0. The zero-order valence-electron chi connectivity index (χ0n) is 18.8. The summed E-state index contributed by atoms with van der Waals surface area (Å²) in [5, 5.41) is 5.98. The number of carbonyl (C=O) groups is 2. The summed E-state index contributed by atoms with van der Waals surface area (Å²) in [5.74, 6) is 0.797. The van der Waals surface area contributed by atoms with Crippen molar-refractivity contribution in [2.45, 2.75) is 97.9 Å². The fourth-order valence-electron chi connectivity index (χ4n) is 2.41. The summed E-state index contributed by atoms with van der Waals surface area (Å²) in [4.78, 5) is 23.9. The lowest BCUT2D eigenvalue weighted by molar-refractivity contribution is -0.126. The second kappa shape index (κ2) is 14.2. The molecule has 0 aliphatic heterocycles. The highest BCUT2D eigenvalue weighted by Gasteiger charge is 2.23. The van der Waals surface area contributed by atoms with Crippen LogP contribution in [0.15, 0.2) is 0 Å². The maximum absolute atomic E-state index is 12.1. The van der Waals surface area contributed by atoms with Crippen LogP contribution in [0.2, 0.25) is 0 Å². The highest BCUT2D eigenvalue weighted by molar-refractivity contribution is 7.80. The van der Waals surface area contributed by atoms with Gasteiger partial charge in [-0.25, -0.2) is 0 Å². The molecule has 0 aromatic carbocycles. The van der Waals surface area contributed by atoms with Crippen LogP contribution < -0.4 is 10.6 Å². The number of carbonyl (C=O) groups excluding carboxylic acids is 2. The number of hydrogen-bond acceptors (Lipinski definition) is 5. The van der Waals surface area contributed by atoms with E-state index >= 15 is 0 Å². The molecular formula is C21H42N2O4S. The van der Waals surface area contributed by atoms with Gasteiger partial charge in [0, 0.05) is 25.0 Å². The Labute approximate surface area is 177 Å². The lowest BCUT2D eigenvalue weighted by Crippen LogP contribution is -2.49. The first-order chi connectivity index (χ1) is 13.0. The zero-order chi connectivity index (χ0) is 21.7. The van der Waals surface area contributed by atoms with Gasteiger partial charge in [-0.3, -0.25) is 9.59 Å². The third kappa shape index (κ3) is 14.2. The molecule has 2 N–H and O–H groups in total. The van der Waals surface area contributed by atoms with Crippen molar-refractivity contribution < 1.29 is 19.1 Å². The van der Waals surface area contributed by atoms with E-state index in [1.54, 1.807) is 0 Å². The standard InChI is InChI=1S/C21H42N2O4S/c1-15(2)20(25)23-21(6,7)14-27-17(4)8-9-19(24)22-16(3)10-12-26-18(5)11-13-28/h15-18,28H,8-14H2,1-7H3,(H,22,24)(H,23,25). The lowest BCUT2D eigenvalue weighted by atomic mass is 10.0. The van der Waals surface area contributed by atoms with Gasteiger partial charge in [0.15, 0.2) is 0 Å². The minimum atomic E-state index is -0.434. The number of thiol groups is 1. The molecule has 0 aliphatic rings. The Morgan fingerprint density at radius 3 is 2.14 bits per heavy atom. The van der Waals surface area contributed by atoms with Crippen LogP contribution in [0.3, 0.4) is 0 Å². The van der Waals surface area contributed by atoms with Crippen LogP contribution in [0.25, 0.3) is 0 Å². The molecule has 0 bridgehead atoms. The molecule has 28 heavy (non-hydrogen) atoms. The molecule has 0 fully saturated rings. The molecule has 3 atom stereocenters. The summed E-state index contributed by atoms with van der Waals surface area (Å²) in [6.45, 7) is 14.6. The molecule has 0 saturated heterocycles. The molecule has 2 amide bonds. The second-order valence-electron chi connectivity index (χ2n) is 8.64. The van der Waals surface area contributed by atoms with E-state index in [-0.39, 0.29) is 36.0 Å². The van der Waals surface area contributed by atoms with Gasteiger partial charge in [-0.05, 0) is 59.6 Å². The summed E-state index contributed by atoms with van der Waals surface area (Å²) >= 11 is 4.19. The predicted molar refractivity (Wildman–Crippen MR) is 118 cm³/mol. The van der Waals surface area contributed by atoms with Crippen LogP contribution in [0.5, 0.6) is 0 Å². The Balaban J connectivity index is 4.00.